The Bertz CT molecular complexity index is 748. The molecule has 1 amide bonds. The van der Waals surface area contributed by atoms with Gasteiger partial charge < -0.3 is 15.4 Å². The van der Waals surface area contributed by atoms with E-state index in [1.54, 1.807) is 6.20 Å². The Labute approximate surface area is 178 Å². The van der Waals surface area contributed by atoms with Crippen molar-refractivity contribution < 1.29 is 9.53 Å². The van der Waals surface area contributed by atoms with E-state index in [0.29, 0.717) is 31.0 Å². The summed E-state index contributed by atoms with van der Waals surface area (Å²) < 4.78 is 5.78. The smallest absolute Gasteiger partial charge is 0.224 e. The molecule has 0 saturated carbocycles. The van der Waals surface area contributed by atoms with Crippen molar-refractivity contribution in [1.82, 2.24) is 10.3 Å². The summed E-state index contributed by atoms with van der Waals surface area (Å²) in [6.07, 6.45) is 7.13. The molecule has 2 aromatic rings. The third-order valence-corrected chi connectivity index (χ3v) is 5.28. The Morgan fingerprint density at radius 3 is 2.61 bits per heavy atom. The van der Waals surface area contributed by atoms with Gasteiger partial charge in [-0.2, -0.15) is 0 Å². The van der Waals surface area contributed by atoms with Crippen LogP contribution in [-0.4, -0.2) is 23.0 Å². The first-order valence-corrected chi connectivity index (χ1v) is 9.43. The molecule has 0 spiro atoms. The lowest BCUT2D eigenvalue weighted by Crippen LogP contribution is -2.39. The third kappa shape index (κ3) is 6.09. The Hall–Kier alpha value is -1.82. The van der Waals surface area contributed by atoms with Gasteiger partial charge in [-0.1, -0.05) is 12.1 Å². The minimum Gasteiger partial charge on any atom is -0.487 e. The summed E-state index contributed by atoms with van der Waals surface area (Å²) in [7, 11) is 0. The van der Waals surface area contributed by atoms with Gasteiger partial charge in [-0.05, 0) is 55.9 Å². The van der Waals surface area contributed by atoms with Crippen LogP contribution in [0.3, 0.4) is 0 Å². The number of piperidine rings is 1. The number of anilines is 1. The molecule has 2 bridgehead atoms. The van der Waals surface area contributed by atoms with E-state index in [1.165, 1.54) is 12.8 Å². The zero-order valence-corrected chi connectivity index (χ0v) is 17.3. The highest BCUT2D eigenvalue weighted by Gasteiger charge is 2.34. The quantitative estimate of drug-likeness (QED) is 0.723. The van der Waals surface area contributed by atoms with Gasteiger partial charge in [0.2, 0.25) is 5.91 Å². The second-order valence-corrected chi connectivity index (χ2v) is 7.37. The van der Waals surface area contributed by atoms with Crippen LogP contribution in [0.15, 0.2) is 48.7 Å². The van der Waals surface area contributed by atoms with Crippen LogP contribution in [0.5, 0.6) is 5.75 Å². The minimum atomic E-state index is 0. The number of hydrogen-bond donors (Lipinski definition) is 2. The maximum absolute atomic E-state index is 12.4. The molecule has 2 aliphatic rings. The molecule has 2 unspecified atom stereocenters. The molecule has 2 fully saturated rings. The zero-order valence-electron chi connectivity index (χ0n) is 15.7. The van der Waals surface area contributed by atoms with Crippen molar-refractivity contribution in [2.24, 2.45) is 5.92 Å². The second kappa shape index (κ2) is 10.6. The zero-order chi connectivity index (χ0) is 17.8. The number of aromatic nitrogens is 1. The highest BCUT2D eigenvalue weighted by atomic mass is 35.5. The van der Waals surface area contributed by atoms with Crippen LogP contribution in [0, 0.1) is 5.92 Å². The molecule has 1 aromatic carbocycles. The summed E-state index contributed by atoms with van der Waals surface area (Å²) >= 11 is 0. The lowest BCUT2D eigenvalue weighted by Gasteiger charge is -2.28. The van der Waals surface area contributed by atoms with Gasteiger partial charge in [-0.15, -0.1) is 24.8 Å². The second-order valence-electron chi connectivity index (χ2n) is 7.37. The van der Waals surface area contributed by atoms with Crippen molar-refractivity contribution in [3.05, 3.63) is 54.4 Å². The molecule has 1 aromatic heterocycles. The van der Waals surface area contributed by atoms with Crippen LogP contribution in [0.2, 0.25) is 0 Å². The van der Waals surface area contributed by atoms with Crippen LogP contribution in [0.4, 0.5) is 5.69 Å². The van der Waals surface area contributed by atoms with Crippen molar-refractivity contribution in [2.45, 2.75) is 50.8 Å². The van der Waals surface area contributed by atoms with Crippen LogP contribution in [0.25, 0.3) is 0 Å². The molecule has 2 N–H and O–H groups in total. The van der Waals surface area contributed by atoms with Crippen molar-refractivity contribution in [3.8, 4) is 5.75 Å². The SMILES string of the molecule is Cl.Cl.O=C(CC1CC2CCC(C1)N2)Nc1cccc(OCc2ccccn2)c1. The molecule has 0 aliphatic carbocycles. The lowest BCUT2D eigenvalue weighted by atomic mass is 9.89. The topological polar surface area (TPSA) is 63.2 Å². The largest absolute Gasteiger partial charge is 0.487 e. The number of ether oxygens (including phenoxy) is 1. The first-order chi connectivity index (χ1) is 12.7. The van der Waals surface area contributed by atoms with Crippen molar-refractivity contribution in [2.75, 3.05) is 5.32 Å². The molecule has 152 valence electrons. The molecule has 2 atom stereocenters. The fraction of sp³-hybridized carbons (Fsp3) is 0.429. The number of pyridine rings is 1. The fourth-order valence-electron chi connectivity index (χ4n) is 4.12. The third-order valence-electron chi connectivity index (χ3n) is 5.28. The van der Waals surface area contributed by atoms with Crippen LogP contribution < -0.4 is 15.4 Å². The Kier molecular flexibility index (Phi) is 8.55. The van der Waals surface area contributed by atoms with E-state index >= 15 is 0 Å². The van der Waals surface area contributed by atoms with Gasteiger partial charge in [-0.3, -0.25) is 9.78 Å². The lowest BCUT2D eigenvalue weighted by molar-refractivity contribution is -0.117. The van der Waals surface area contributed by atoms with Crippen LogP contribution in [0.1, 0.15) is 37.8 Å². The maximum Gasteiger partial charge on any atom is 0.224 e. The number of hydrogen-bond acceptors (Lipinski definition) is 4. The maximum atomic E-state index is 12.4. The number of nitrogens with one attached hydrogen (secondary N) is 2. The first kappa shape index (κ1) is 22.5. The summed E-state index contributed by atoms with van der Waals surface area (Å²) in [6, 6.07) is 14.5. The van der Waals surface area contributed by atoms with E-state index < -0.39 is 0 Å². The standard InChI is InChI=1S/C21H25N3O2.2ClH/c25-21(12-15-10-17-7-8-18(11-15)23-17)24-16-5-3-6-20(13-16)26-14-19-4-1-2-9-22-19;;/h1-6,9,13,15,17-18,23H,7-8,10-12,14H2,(H,24,25);2*1H. The van der Waals surface area contributed by atoms with Gasteiger partial charge in [-0.25, -0.2) is 0 Å². The first-order valence-electron chi connectivity index (χ1n) is 9.43. The van der Waals surface area contributed by atoms with E-state index in [0.717, 1.165) is 30.0 Å². The van der Waals surface area contributed by atoms with E-state index in [4.69, 9.17) is 4.74 Å². The average Bonchev–Trinajstić information content (AvgIpc) is 2.99. The van der Waals surface area contributed by atoms with Gasteiger partial charge >= 0.3 is 0 Å². The Balaban J connectivity index is 0.00000140. The van der Waals surface area contributed by atoms with E-state index in [1.807, 2.05) is 42.5 Å². The van der Waals surface area contributed by atoms with Crippen LogP contribution in [-0.2, 0) is 11.4 Å². The predicted octanol–water partition coefficient (Wildman–Crippen LogP) is 4.36. The molecule has 2 saturated heterocycles. The van der Waals surface area contributed by atoms with Crippen molar-refractivity contribution in [1.29, 1.82) is 0 Å². The van der Waals surface area contributed by atoms with Gasteiger partial charge in [0.1, 0.15) is 12.4 Å². The van der Waals surface area contributed by atoms with Crippen LogP contribution >= 0.6 is 24.8 Å². The monoisotopic (exact) mass is 423 g/mol. The number of nitrogens with zero attached hydrogens (tertiary/aromatic N) is 1. The number of carbonyl (C=O) groups is 1. The predicted molar refractivity (Wildman–Crippen MR) is 115 cm³/mol. The molecule has 28 heavy (non-hydrogen) atoms. The molecule has 0 radical (unpaired) electrons. The number of carbonyl (C=O) groups excluding carboxylic acids is 1. The highest BCUT2D eigenvalue weighted by molar-refractivity contribution is 5.91. The fourth-order valence-corrected chi connectivity index (χ4v) is 4.12. The van der Waals surface area contributed by atoms with E-state index in [-0.39, 0.29) is 30.7 Å². The highest BCUT2D eigenvalue weighted by Crippen LogP contribution is 2.32. The normalized spacial score (nSPS) is 22.5. The average molecular weight is 424 g/mol. The molecule has 7 heteroatoms. The molecule has 2 aliphatic heterocycles. The van der Waals surface area contributed by atoms with E-state index in [2.05, 4.69) is 15.6 Å². The molecular weight excluding hydrogens is 397 g/mol. The summed E-state index contributed by atoms with van der Waals surface area (Å²) in [6.45, 7) is 0.413. The van der Waals surface area contributed by atoms with Gasteiger partial charge in [0.05, 0.1) is 5.69 Å². The van der Waals surface area contributed by atoms with Gasteiger partial charge in [0.25, 0.3) is 0 Å². The number of amides is 1. The van der Waals surface area contributed by atoms with Crippen molar-refractivity contribution in [3.63, 3.8) is 0 Å². The Morgan fingerprint density at radius 2 is 1.89 bits per heavy atom. The molecule has 4 rings (SSSR count). The summed E-state index contributed by atoms with van der Waals surface area (Å²) in [4.78, 5) is 16.7. The van der Waals surface area contributed by atoms with E-state index in [9.17, 15) is 4.79 Å². The van der Waals surface area contributed by atoms with Gasteiger partial charge in [0.15, 0.2) is 0 Å². The number of rotatable bonds is 6. The number of benzene rings is 1. The number of halogens is 2. The summed E-state index contributed by atoms with van der Waals surface area (Å²) in [5.74, 6) is 1.32. The summed E-state index contributed by atoms with van der Waals surface area (Å²) in [5.41, 5.74) is 1.66. The molecular formula is C21H27Cl2N3O2. The van der Waals surface area contributed by atoms with Crippen molar-refractivity contribution >= 4 is 36.4 Å². The Morgan fingerprint density at radius 1 is 1.11 bits per heavy atom. The number of fused-ring (bicyclic) bond motifs is 2. The molecule has 5 nitrogen and oxygen atoms in total. The summed E-state index contributed by atoms with van der Waals surface area (Å²) in [5, 5.41) is 6.65. The molecule has 3 heterocycles. The minimum absolute atomic E-state index is 0. The van der Waals surface area contributed by atoms with Gasteiger partial charge in [0, 0.05) is 36.5 Å².